The van der Waals surface area contributed by atoms with Crippen LogP contribution in [0.15, 0.2) is 6.20 Å². The van der Waals surface area contributed by atoms with Gasteiger partial charge in [0, 0.05) is 20.3 Å². The van der Waals surface area contributed by atoms with Crippen LogP contribution >= 0.6 is 0 Å². The maximum atomic E-state index is 11.3. The van der Waals surface area contributed by atoms with Crippen LogP contribution in [-0.2, 0) is 11.3 Å². The molecule has 82 valence electrons. The van der Waals surface area contributed by atoms with Gasteiger partial charge in [-0.3, -0.25) is 9.48 Å². The maximum absolute atomic E-state index is 11.3. The van der Waals surface area contributed by atoms with E-state index in [0.717, 1.165) is 0 Å². The summed E-state index contributed by atoms with van der Waals surface area (Å²) in [7, 11) is 3.21. The summed E-state index contributed by atoms with van der Waals surface area (Å²) in [5, 5.41) is 12.3. The summed E-state index contributed by atoms with van der Waals surface area (Å²) in [6, 6.07) is 0. The molecule has 0 aromatic carbocycles. The maximum Gasteiger partial charge on any atom is 0.358 e. The molecule has 0 radical (unpaired) electrons. The van der Waals surface area contributed by atoms with Crippen LogP contribution in [-0.4, -0.2) is 45.8 Å². The van der Waals surface area contributed by atoms with Gasteiger partial charge < -0.3 is 15.7 Å². The minimum absolute atomic E-state index is 0.0233. The van der Waals surface area contributed by atoms with E-state index in [-0.39, 0.29) is 23.8 Å². The van der Waals surface area contributed by atoms with Crippen molar-refractivity contribution in [3.05, 3.63) is 11.9 Å². The molecule has 1 aromatic rings. The smallest absolute Gasteiger partial charge is 0.358 e. The van der Waals surface area contributed by atoms with Crippen molar-refractivity contribution in [2.45, 2.75) is 6.54 Å². The standard InChI is InChI=1S/C8H12N4O3/c1-11(2)6(13)4-12-3-5(9)7(10-12)8(14)15/h3H,4,9H2,1-2H3,(H,14,15). The predicted octanol–water partition coefficient (Wildman–Crippen LogP) is -0.748. The summed E-state index contributed by atoms with van der Waals surface area (Å²) in [6.07, 6.45) is 1.32. The third-order valence-electron chi connectivity index (χ3n) is 1.79. The molecule has 0 spiro atoms. The third kappa shape index (κ3) is 2.46. The van der Waals surface area contributed by atoms with Crippen molar-refractivity contribution in [2.75, 3.05) is 19.8 Å². The van der Waals surface area contributed by atoms with Crippen LogP contribution in [0, 0.1) is 0 Å². The van der Waals surface area contributed by atoms with E-state index in [9.17, 15) is 9.59 Å². The number of hydrogen-bond donors (Lipinski definition) is 2. The minimum atomic E-state index is -1.21. The van der Waals surface area contributed by atoms with E-state index in [4.69, 9.17) is 10.8 Å². The van der Waals surface area contributed by atoms with Gasteiger partial charge in [-0.15, -0.1) is 0 Å². The predicted molar refractivity (Wildman–Crippen MR) is 52.3 cm³/mol. The normalized spacial score (nSPS) is 10.0. The number of likely N-dealkylation sites (N-methyl/N-ethyl adjacent to an activating group) is 1. The highest BCUT2D eigenvalue weighted by Crippen LogP contribution is 2.08. The summed E-state index contributed by atoms with van der Waals surface area (Å²) in [6.45, 7) is -0.0233. The molecule has 0 saturated carbocycles. The van der Waals surface area contributed by atoms with E-state index in [2.05, 4.69) is 5.10 Å². The van der Waals surface area contributed by atoms with Crippen LogP contribution in [0.2, 0.25) is 0 Å². The van der Waals surface area contributed by atoms with Gasteiger partial charge >= 0.3 is 5.97 Å². The van der Waals surface area contributed by atoms with Crippen LogP contribution in [0.4, 0.5) is 5.69 Å². The Kier molecular flexibility index (Phi) is 2.93. The molecule has 1 rings (SSSR count). The van der Waals surface area contributed by atoms with Gasteiger partial charge in [0.05, 0.1) is 5.69 Å². The number of carboxylic acids is 1. The van der Waals surface area contributed by atoms with Crippen molar-refractivity contribution in [3.8, 4) is 0 Å². The zero-order valence-electron chi connectivity index (χ0n) is 8.47. The number of hydrogen-bond acceptors (Lipinski definition) is 4. The number of amides is 1. The Bertz CT molecular complexity index is 397. The molecule has 15 heavy (non-hydrogen) atoms. The second-order valence-electron chi connectivity index (χ2n) is 3.22. The second kappa shape index (κ2) is 3.99. The van der Waals surface area contributed by atoms with Gasteiger partial charge in [0.15, 0.2) is 5.69 Å². The number of aromatic nitrogens is 2. The summed E-state index contributed by atoms with van der Waals surface area (Å²) in [5.74, 6) is -1.39. The molecule has 1 amide bonds. The Labute approximate surface area is 86.1 Å². The highest BCUT2D eigenvalue weighted by atomic mass is 16.4. The average molecular weight is 212 g/mol. The molecule has 7 nitrogen and oxygen atoms in total. The van der Waals surface area contributed by atoms with E-state index >= 15 is 0 Å². The van der Waals surface area contributed by atoms with Gasteiger partial charge in [-0.1, -0.05) is 0 Å². The number of carbonyl (C=O) groups is 2. The molecule has 1 heterocycles. The van der Waals surface area contributed by atoms with Crippen molar-refractivity contribution >= 4 is 17.6 Å². The lowest BCUT2D eigenvalue weighted by molar-refractivity contribution is -0.129. The fourth-order valence-corrected chi connectivity index (χ4v) is 0.964. The Morgan fingerprint density at radius 1 is 1.60 bits per heavy atom. The molecule has 7 heteroatoms. The summed E-state index contributed by atoms with van der Waals surface area (Å²) in [4.78, 5) is 23.3. The van der Waals surface area contributed by atoms with Crippen LogP contribution < -0.4 is 5.73 Å². The minimum Gasteiger partial charge on any atom is -0.476 e. The van der Waals surface area contributed by atoms with E-state index in [0.29, 0.717) is 0 Å². The molecule has 0 atom stereocenters. The van der Waals surface area contributed by atoms with Crippen molar-refractivity contribution < 1.29 is 14.7 Å². The van der Waals surface area contributed by atoms with E-state index < -0.39 is 5.97 Å². The van der Waals surface area contributed by atoms with Gasteiger partial charge in [0.2, 0.25) is 5.91 Å². The van der Waals surface area contributed by atoms with Crippen LogP contribution in [0.25, 0.3) is 0 Å². The molecule has 3 N–H and O–H groups in total. The Morgan fingerprint density at radius 3 is 2.60 bits per heavy atom. The first kappa shape index (κ1) is 11.0. The first-order valence-electron chi connectivity index (χ1n) is 4.18. The van der Waals surface area contributed by atoms with Gasteiger partial charge in [0.1, 0.15) is 6.54 Å². The third-order valence-corrected chi connectivity index (χ3v) is 1.79. The summed E-state index contributed by atoms with van der Waals surface area (Å²) >= 11 is 0. The summed E-state index contributed by atoms with van der Waals surface area (Å²) < 4.78 is 1.21. The second-order valence-corrected chi connectivity index (χ2v) is 3.22. The monoisotopic (exact) mass is 212 g/mol. The van der Waals surface area contributed by atoms with Crippen molar-refractivity contribution in [1.82, 2.24) is 14.7 Å². The molecule has 0 bridgehead atoms. The Morgan fingerprint density at radius 2 is 2.20 bits per heavy atom. The SMILES string of the molecule is CN(C)C(=O)Cn1cc(N)c(C(=O)O)n1. The fraction of sp³-hybridized carbons (Fsp3) is 0.375. The molecule has 0 unspecified atom stereocenters. The Balaban J connectivity index is 2.84. The number of nitrogens with two attached hydrogens (primary N) is 1. The number of nitrogens with zero attached hydrogens (tertiary/aromatic N) is 3. The van der Waals surface area contributed by atoms with E-state index in [1.807, 2.05) is 0 Å². The zero-order chi connectivity index (χ0) is 11.6. The van der Waals surface area contributed by atoms with Gasteiger partial charge in [-0.25, -0.2) is 4.79 Å². The van der Waals surface area contributed by atoms with Crippen LogP contribution in [0.1, 0.15) is 10.5 Å². The van der Waals surface area contributed by atoms with Gasteiger partial charge in [-0.05, 0) is 0 Å². The number of carboxylic acid groups (broad SMARTS) is 1. The van der Waals surface area contributed by atoms with Gasteiger partial charge in [0.25, 0.3) is 0 Å². The fourth-order valence-electron chi connectivity index (χ4n) is 0.964. The molecule has 0 fully saturated rings. The van der Waals surface area contributed by atoms with Crippen molar-refractivity contribution in [1.29, 1.82) is 0 Å². The lowest BCUT2D eigenvalue weighted by atomic mass is 10.4. The van der Waals surface area contributed by atoms with E-state index in [1.165, 1.54) is 15.8 Å². The number of rotatable bonds is 3. The number of aromatic carboxylic acids is 1. The first-order valence-corrected chi connectivity index (χ1v) is 4.18. The lowest BCUT2D eigenvalue weighted by Gasteiger charge is -2.09. The Hall–Kier alpha value is -2.05. The summed E-state index contributed by atoms with van der Waals surface area (Å²) in [5.41, 5.74) is 5.22. The highest BCUT2D eigenvalue weighted by Gasteiger charge is 2.14. The highest BCUT2D eigenvalue weighted by molar-refractivity contribution is 5.91. The van der Waals surface area contributed by atoms with Crippen LogP contribution in [0.5, 0.6) is 0 Å². The molecule has 0 aliphatic carbocycles. The molecule has 0 aliphatic rings. The topological polar surface area (TPSA) is 101 Å². The molecule has 0 saturated heterocycles. The lowest BCUT2D eigenvalue weighted by Crippen LogP contribution is -2.26. The van der Waals surface area contributed by atoms with Crippen molar-refractivity contribution in [2.24, 2.45) is 0 Å². The molecule has 0 aliphatic heterocycles. The largest absolute Gasteiger partial charge is 0.476 e. The van der Waals surface area contributed by atoms with E-state index in [1.54, 1.807) is 14.1 Å². The van der Waals surface area contributed by atoms with Crippen molar-refractivity contribution in [3.63, 3.8) is 0 Å². The first-order chi connectivity index (χ1) is 6.91. The van der Waals surface area contributed by atoms with Crippen LogP contribution in [0.3, 0.4) is 0 Å². The number of anilines is 1. The molecular formula is C8H12N4O3. The van der Waals surface area contributed by atoms with Gasteiger partial charge in [-0.2, -0.15) is 5.10 Å². The number of nitrogen functional groups attached to an aromatic ring is 1. The number of carbonyl (C=O) groups excluding carboxylic acids is 1. The molecular weight excluding hydrogens is 200 g/mol. The zero-order valence-corrected chi connectivity index (χ0v) is 8.47. The quantitative estimate of drug-likeness (QED) is 0.686. The molecule has 1 aromatic heterocycles. The average Bonchev–Trinajstić information content (AvgIpc) is 2.46.